The van der Waals surface area contributed by atoms with Crippen LogP contribution in [-0.4, -0.2) is 11.5 Å². The van der Waals surface area contributed by atoms with E-state index in [0.29, 0.717) is 5.92 Å². The Kier molecular flexibility index (Phi) is 2.60. The Morgan fingerprint density at radius 2 is 2.46 bits per heavy atom. The summed E-state index contributed by atoms with van der Waals surface area (Å²) in [6.07, 6.45) is 6.71. The molecule has 1 heterocycles. The molecule has 0 saturated carbocycles. The fraction of sp³-hybridized carbons (Fsp3) is 0.545. The number of aromatic nitrogens is 1. The van der Waals surface area contributed by atoms with Crippen molar-refractivity contribution in [1.82, 2.24) is 4.98 Å². The van der Waals surface area contributed by atoms with Gasteiger partial charge in [0, 0.05) is 11.9 Å². The number of hydrogen-bond acceptors (Lipinski definition) is 2. The SMILES string of the molecule is NCCC1CCCc2ncccc21. The third-order valence-corrected chi connectivity index (χ3v) is 2.85. The lowest BCUT2D eigenvalue weighted by molar-refractivity contribution is 0.518. The summed E-state index contributed by atoms with van der Waals surface area (Å²) in [4.78, 5) is 4.41. The maximum Gasteiger partial charge on any atom is 0.0438 e. The molecule has 1 aromatic heterocycles. The Balaban J connectivity index is 2.26. The standard InChI is InChI=1S/C11H16N2/c12-7-6-9-3-1-5-11-10(9)4-2-8-13-11/h2,4,8-9H,1,3,5-7,12H2. The molecule has 0 saturated heterocycles. The molecule has 2 N–H and O–H groups in total. The van der Waals surface area contributed by atoms with Crippen LogP contribution >= 0.6 is 0 Å². The average molecular weight is 176 g/mol. The van der Waals surface area contributed by atoms with E-state index >= 15 is 0 Å². The predicted octanol–water partition coefficient (Wildman–Crippen LogP) is 1.85. The molecule has 2 heteroatoms. The number of nitrogens with zero attached hydrogens (tertiary/aromatic N) is 1. The van der Waals surface area contributed by atoms with Crippen molar-refractivity contribution in [2.45, 2.75) is 31.6 Å². The first-order valence-corrected chi connectivity index (χ1v) is 5.05. The first-order valence-electron chi connectivity index (χ1n) is 5.05. The van der Waals surface area contributed by atoms with Gasteiger partial charge >= 0.3 is 0 Å². The molecule has 0 radical (unpaired) electrons. The minimum Gasteiger partial charge on any atom is -0.330 e. The molecule has 0 amide bonds. The fourth-order valence-corrected chi connectivity index (χ4v) is 2.20. The number of hydrogen-bond donors (Lipinski definition) is 1. The van der Waals surface area contributed by atoms with Gasteiger partial charge in [-0.3, -0.25) is 4.98 Å². The van der Waals surface area contributed by atoms with Crippen LogP contribution < -0.4 is 5.73 Å². The van der Waals surface area contributed by atoms with Crippen LogP contribution in [0, 0.1) is 0 Å². The van der Waals surface area contributed by atoms with Crippen LogP contribution in [0.5, 0.6) is 0 Å². The van der Waals surface area contributed by atoms with Gasteiger partial charge in [0.25, 0.3) is 0 Å². The van der Waals surface area contributed by atoms with E-state index in [1.54, 1.807) is 0 Å². The number of pyridine rings is 1. The van der Waals surface area contributed by atoms with Gasteiger partial charge in [-0.25, -0.2) is 0 Å². The highest BCUT2D eigenvalue weighted by Crippen LogP contribution is 2.31. The van der Waals surface area contributed by atoms with E-state index in [4.69, 9.17) is 5.73 Å². The number of rotatable bonds is 2. The highest BCUT2D eigenvalue weighted by molar-refractivity contribution is 5.26. The van der Waals surface area contributed by atoms with E-state index in [1.807, 2.05) is 12.3 Å². The molecule has 0 aliphatic heterocycles. The van der Waals surface area contributed by atoms with Crippen LogP contribution in [0.1, 0.15) is 36.4 Å². The molecule has 1 aliphatic rings. The first kappa shape index (κ1) is 8.70. The lowest BCUT2D eigenvalue weighted by Crippen LogP contribution is -2.14. The molecular weight excluding hydrogens is 160 g/mol. The van der Waals surface area contributed by atoms with Crippen molar-refractivity contribution in [1.29, 1.82) is 0 Å². The van der Waals surface area contributed by atoms with Crippen molar-refractivity contribution >= 4 is 0 Å². The summed E-state index contributed by atoms with van der Waals surface area (Å²) >= 11 is 0. The second kappa shape index (κ2) is 3.88. The Hall–Kier alpha value is -0.890. The molecule has 1 atom stereocenters. The van der Waals surface area contributed by atoms with E-state index < -0.39 is 0 Å². The second-order valence-corrected chi connectivity index (χ2v) is 3.71. The fourth-order valence-electron chi connectivity index (χ4n) is 2.20. The summed E-state index contributed by atoms with van der Waals surface area (Å²) in [6.45, 7) is 0.791. The summed E-state index contributed by atoms with van der Waals surface area (Å²) in [5.74, 6) is 0.669. The minimum absolute atomic E-state index is 0.669. The molecule has 1 aliphatic carbocycles. The lowest BCUT2D eigenvalue weighted by Gasteiger charge is -2.23. The molecule has 70 valence electrons. The number of fused-ring (bicyclic) bond motifs is 1. The van der Waals surface area contributed by atoms with E-state index in [2.05, 4.69) is 11.1 Å². The van der Waals surface area contributed by atoms with Gasteiger partial charge in [-0.1, -0.05) is 6.07 Å². The van der Waals surface area contributed by atoms with E-state index in [9.17, 15) is 0 Å². The molecule has 13 heavy (non-hydrogen) atoms. The van der Waals surface area contributed by atoms with Gasteiger partial charge in [-0.2, -0.15) is 0 Å². The Labute approximate surface area is 79.2 Å². The van der Waals surface area contributed by atoms with Crippen molar-refractivity contribution in [3.05, 3.63) is 29.6 Å². The van der Waals surface area contributed by atoms with E-state index in [1.165, 1.54) is 24.1 Å². The summed E-state index contributed by atoms with van der Waals surface area (Å²) in [6, 6.07) is 4.25. The highest BCUT2D eigenvalue weighted by atomic mass is 14.7. The van der Waals surface area contributed by atoms with Gasteiger partial charge in [0.15, 0.2) is 0 Å². The third-order valence-electron chi connectivity index (χ3n) is 2.85. The molecule has 0 bridgehead atoms. The summed E-state index contributed by atoms with van der Waals surface area (Å²) in [7, 11) is 0. The van der Waals surface area contributed by atoms with Crippen molar-refractivity contribution in [2.75, 3.05) is 6.54 Å². The first-order chi connectivity index (χ1) is 6.42. The summed E-state index contributed by atoms with van der Waals surface area (Å²) in [5, 5.41) is 0. The van der Waals surface area contributed by atoms with Gasteiger partial charge in [-0.05, 0) is 49.8 Å². The minimum atomic E-state index is 0.669. The van der Waals surface area contributed by atoms with Gasteiger partial charge in [0.1, 0.15) is 0 Å². The summed E-state index contributed by atoms with van der Waals surface area (Å²) < 4.78 is 0. The lowest BCUT2D eigenvalue weighted by atomic mass is 9.84. The zero-order valence-corrected chi connectivity index (χ0v) is 7.87. The molecule has 0 aromatic carbocycles. The van der Waals surface area contributed by atoms with Crippen LogP contribution in [0.3, 0.4) is 0 Å². The Morgan fingerprint density at radius 3 is 3.31 bits per heavy atom. The van der Waals surface area contributed by atoms with Crippen LogP contribution in [0.4, 0.5) is 0 Å². The van der Waals surface area contributed by atoms with Crippen molar-refractivity contribution in [2.24, 2.45) is 5.73 Å². The summed E-state index contributed by atoms with van der Waals surface area (Å²) in [5.41, 5.74) is 8.34. The van der Waals surface area contributed by atoms with Crippen LogP contribution in [-0.2, 0) is 6.42 Å². The maximum atomic E-state index is 5.60. The van der Waals surface area contributed by atoms with Crippen molar-refractivity contribution < 1.29 is 0 Å². The van der Waals surface area contributed by atoms with Crippen molar-refractivity contribution in [3.8, 4) is 0 Å². The molecular formula is C11H16N2. The number of nitrogens with two attached hydrogens (primary N) is 1. The normalized spacial score (nSPS) is 21.2. The molecule has 0 spiro atoms. The quantitative estimate of drug-likeness (QED) is 0.747. The largest absolute Gasteiger partial charge is 0.330 e. The number of aryl methyl sites for hydroxylation is 1. The zero-order chi connectivity index (χ0) is 9.10. The van der Waals surface area contributed by atoms with E-state index in [-0.39, 0.29) is 0 Å². The third kappa shape index (κ3) is 1.73. The zero-order valence-electron chi connectivity index (χ0n) is 7.87. The van der Waals surface area contributed by atoms with Gasteiger partial charge in [0.05, 0.1) is 0 Å². The average Bonchev–Trinajstić information content (AvgIpc) is 2.19. The van der Waals surface area contributed by atoms with E-state index in [0.717, 1.165) is 19.4 Å². The van der Waals surface area contributed by atoms with Crippen LogP contribution in [0.2, 0.25) is 0 Å². The second-order valence-electron chi connectivity index (χ2n) is 3.71. The van der Waals surface area contributed by atoms with Gasteiger partial charge in [-0.15, -0.1) is 0 Å². The molecule has 0 fully saturated rings. The maximum absolute atomic E-state index is 5.60. The van der Waals surface area contributed by atoms with Gasteiger partial charge in [0.2, 0.25) is 0 Å². The molecule has 2 nitrogen and oxygen atoms in total. The van der Waals surface area contributed by atoms with Crippen molar-refractivity contribution in [3.63, 3.8) is 0 Å². The van der Waals surface area contributed by atoms with Gasteiger partial charge < -0.3 is 5.73 Å². The smallest absolute Gasteiger partial charge is 0.0438 e. The monoisotopic (exact) mass is 176 g/mol. The van der Waals surface area contributed by atoms with Crippen LogP contribution in [0.15, 0.2) is 18.3 Å². The molecule has 1 aromatic rings. The Morgan fingerprint density at radius 1 is 1.54 bits per heavy atom. The predicted molar refractivity (Wildman–Crippen MR) is 53.6 cm³/mol. The Bertz CT molecular complexity index is 283. The topological polar surface area (TPSA) is 38.9 Å². The molecule has 2 rings (SSSR count). The highest BCUT2D eigenvalue weighted by Gasteiger charge is 2.19. The molecule has 1 unspecified atom stereocenters. The van der Waals surface area contributed by atoms with Crippen LogP contribution in [0.25, 0.3) is 0 Å².